The summed E-state index contributed by atoms with van der Waals surface area (Å²) in [5, 5.41) is 22.4. The summed E-state index contributed by atoms with van der Waals surface area (Å²) < 4.78 is 10.5. The Morgan fingerprint density at radius 2 is 1.96 bits per heavy atom. The van der Waals surface area contributed by atoms with E-state index in [4.69, 9.17) is 9.47 Å². The minimum atomic E-state index is -0.330. The molecule has 0 saturated heterocycles. The van der Waals surface area contributed by atoms with Gasteiger partial charge in [0.15, 0.2) is 11.5 Å². The minimum absolute atomic E-state index is 0. The average Bonchev–Trinajstić information content (AvgIpc) is 2.60. The zero-order chi connectivity index (χ0) is 16.7. The van der Waals surface area contributed by atoms with E-state index in [9.17, 15) is 10.2 Å². The molecule has 1 aromatic rings. The molecular weight excluding hydrogens is 330 g/mol. The summed E-state index contributed by atoms with van der Waals surface area (Å²) in [5.41, 5.74) is 0.828. The fourth-order valence-corrected chi connectivity index (χ4v) is 2.62. The maximum absolute atomic E-state index is 9.64. The molecule has 24 heavy (non-hydrogen) atoms. The molecule has 3 N–H and O–H groups in total. The summed E-state index contributed by atoms with van der Waals surface area (Å²) >= 11 is 0. The van der Waals surface area contributed by atoms with Crippen molar-refractivity contribution in [2.45, 2.75) is 12.8 Å². The van der Waals surface area contributed by atoms with E-state index in [1.807, 2.05) is 24.3 Å². The number of nitrogens with one attached hydrogen (secondary N) is 1. The van der Waals surface area contributed by atoms with Crippen LogP contribution in [0.3, 0.4) is 0 Å². The van der Waals surface area contributed by atoms with Crippen LogP contribution in [-0.2, 0) is 6.42 Å². The number of aliphatic hydroxyl groups excluding tert-OH is 2. The fraction of sp³-hybridized carbons (Fsp3) is 0.444. The predicted molar refractivity (Wildman–Crippen MR) is 97.4 cm³/mol. The van der Waals surface area contributed by atoms with Crippen molar-refractivity contribution in [3.05, 3.63) is 47.7 Å². The van der Waals surface area contributed by atoms with Gasteiger partial charge in [-0.25, -0.2) is 0 Å². The van der Waals surface area contributed by atoms with Crippen molar-refractivity contribution in [2.24, 2.45) is 5.41 Å². The zero-order valence-electron chi connectivity index (χ0n) is 14.1. The molecule has 0 amide bonds. The summed E-state index contributed by atoms with van der Waals surface area (Å²) in [6, 6.07) is 5.90. The van der Waals surface area contributed by atoms with Crippen molar-refractivity contribution >= 4 is 12.4 Å². The van der Waals surface area contributed by atoms with Gasteiger partial charge in [0, 0.05) is 12.0 Å². The zero-order valence-corrected chi connectivity index (χ0v) is 14.9. The molecular formula is C18H26ClNO4. The Bertz CT molecular complexity index is 588. The van der Waals surface area contributed by atoms with Gasteiger partial charge in [-0.1, -0.05) is 12.1 Å². The highest BCUT2D eigenvalue weighted by Crippen LogP contribution is 2.29. The maximum Gasteiger partial charge on any atom is 0.160 e. The molecule has 1 aliphatic rings. The number of halogens is 1. The third-order valence-electron chi connectivity index (χ3n) is 4.16. The number of benzene rings is 1. The van der Waals surface area contributed by atoms with E-state index in [0.29, 0.717) is 13.0 Å². The van der Waals surface area contributed by atoms with Crippen molar-refractivity contribution in [3.8, 4) is 11.5 Å². The molecule has 0 heterocycles. The van der Waals surface area contributed by atoms with Gasteiger partial charge in [0.25, 0.3) is 0 Å². The van der Waals surface area contributed by atoms with Crippen molar-refractivity contribution < 1.29 is 19.7 Å². The number of ether oxygens (including phenoxy) is 2. The molecule has 134 valence electrons. The van der Waals surface area contributed by atoms with Crippen LogP contribution >= 0.6 is 12.4 Å². The number of allylic oxidation sites excluding steroid dienone is 2. The quantitative estimate of drug-likeness (QED) is 0.625. The summed E-state index contributed by atoms with van der Waals surface area (Å²) in [7, 11) is 3.25. The molecule has 0 spiro atoms. The van der Waals surface area contributed by atoms with Crippen molar-refractivity contribution in [1.29, 1.82) is 0 Å². The predicted octanol–water partition coefficient (Wildman–Crippen LogP) is 2.64. The van der Waals surface area contributed by atoms with Crippen LogP contribution in [0.1, 0.15) is 12.0 Å². The molecule has 0 unspecified atom stereocenters. The minimum Gasteiger partial charge on any atom is -0.508 e. The van der Waals surface area contributed by atoms with Gasteiger partial charge >= 0.3 is 0 Å². The third-order valence-corrected chi connectivity index (χ3v) is 4.16. The third kappa shape index (κ3) is 5.16. The first-order chi connectivity index (χ1) is 11.1. The highest BCUT2D eigenvalue weighted by atomic mass is 35.5. The van der Waals surface area contributed by atoms with Crippen molar-refractivity contribution in [2.75, 3.05) is 33.9 Å². The van der Waals surface area contributed by atoms with E-state index in [1.54, 1.807) is 26.4 Å². The lowest BCUT2D eigenvalue weighted by atomic mass is 9.82. The molecule has 5 nitrogen and oxygen atoms in total. The van der Waals surface area contributed by atoms with Crippen LogP contribution in [0.5, 0.6) is 11.5 Å². The first kappa shape index (κ1) is 20.4. The largest absolute Gasteiger partial charge is 0.508 e. The second-order valence-corrected chi connectivity index (χ2v) is 5.80. The van der Waals surface area contributed by atoms with Gasteiger partial charge in [-0.2, -0.15) is 0 Å². The number of methoxy groups -OCH3 is 2. The molecule has 0 bridgehead atoms. The van der Waals surface area contributed by atoms with Gasteiger partial charge in [-0.3, -0.25) is 0 Å². The van der Waals surface area contributed by atoms with E-state index >= 15 is 0 Å². The number of hydrogen-bond acceptors (Lipinski definition) is 5. The second kappa shape index (κ2) is 9.57. The Kier molecular flexibility index (Phi) is 8.11. The van der Waals surface area contributed by atoms with Gasteiger partial charge in [0.2, 0.25) is 0 Å². The SMILES string of the molecule is COc1ccc(CCNC[C@]2(CO)C=CC(O)=CC2)cc1OC.Cl. The topological polar surface area (TPSA) is 71.0 Å². The maximum atomic E-state index is 9.64. The van der Waals surface area contributed by atoms with Crippen LogP contribution in [0.15, 0.2) is 42.2 Å². The molecule has 0 radical (unpaired) electrons. The van der Waals surface area contributed by atoms with E-state index < -0.39 is 0 Å². The molecule has 1 atom stereocenters. The van der Waals surface area contributed by atoms with Gasteiger partial charge < -0.3 is 25.0 Å². The fourth-order valence-electron chi connectivity index (χ4n) is 2.62. The highest BCUT2D eigenvalue weighted by molar-refractivity contribution is 5.85. The van der Waals surface area contributed by atoms with Crippen molar-refractivity contribution in [1.82, 2.24) is 5.32 Å². The Labute approximate surface area is 149 Å². The van der Waals surface area contributed by atoms with Crippen LogP contribution in [0.4, 0.5) is 0 Å². The molecule has 0 saturated carbocycles. The molecule has 1 aliphatic carbocycles. The Hall–Kier alpha value is -1.69. The number of rotatable bonds is 8. The van der Waals surface area contributed by atoms with E-state index in [1.165, 1.54) is 0 Å². The molecule has 0 aromatic heterocycles. The average molecular weight is 356 g/mol. The summed E-state index contributed by atoms with van der Waals surface area (Å²) in [5.74, 6) is 1.72. The Balaban J connectivity index is 0.00000288. The first-order valence-electron chi connectivity index (χ1n) is 7.73. The molecule has 6 heteroatoms. The Morgan fingerprint density at radius 1 is 1.21 bits per heavy atom. The first-order valence-corrected chi connectivity index (χ1v) is 7.73. The normalized spacial score (nSPS) is 19.4. The lowest BCUT2D eigenvalue weighted by Gasteiger charge is -2.29. The van der Waals surface area contributed by atoms with Gasteiger partial charge in [0.1, 0.15) is 5.76 Å². The highest BCUT2D eigenvalue weighted by Gasteiger charge is 2.27. The summed E-state index contributed by atoms with van der Waals surface area (Å²) in [6.45, 7) is 1.51. The van der Waals surface area contributed by atoms with Gasteiger partial charge in [-0.15, -0.1) is 12.4 Å². The smallest absolute Gasteiger partial charge is 0.160 e. The van der Waals surface area contributed by atoms with E-state index in [0.717, 1.165) is 30.0 Å². The van der Waals surface area contributed by atoms with Gasteiger partial charge in [0.05, 0.1) is 20.8 Å². The monoisotopic (exact) mass is 355 g/mol. The molecule has 1 aromatic carbocycles. The summed E-state index contributed by atoms with van der Waals surface area (Å²) in [6.07, 6.45) is 6.76. The van der Waals surface area contributed by atoms with Crippen LogP contribution in [-0.4, -0.2) is 44.1 Å². The van der Waals surface area contributed by atoms with Crippen LogP contribution in [0.25, 0.3) is 0 Å². The molecule has 0 aliphatic heterocycles. The van der Waals surface area contributed by atoms with Crippen LogP contribution in [0, 0.1) is 5.41 Å². The van der Waals surface area contributed by atoms with E-state index in [-0.39, 0.29) is 30.2 Å². The number of hydrogen-bond donors (Lipinski definition) is 3. The lowest BCUT2D eigenvalue weighted by molar-refractivity contribution is 0.164. The standard InChI is InChI=1S/C18H25NO4.ClH/c1-22-16-4-3-14(11-17(16)23-2)7-10-19-12-18(13-20)8-5-15(21)6-9-18;/h3-6,8,11,19-21H,7,9-10,12-13H2,1-2H3;1H/t18-;/m0./s1. The Morgan fingerprint density at radius 3 is 2.54 bits per heavy atom. The van der Waals surface area contributed by atoms with Crippen molar-refractivity contribution in [3.63, 3.8) is 0 Å². The van der Waals surface area contributed by atoms with E-state index in [2.05, 4.69) is 5.32 Å². The van der Waals surface area contributed by atoms with Crippen LogP contribution < -0.4 is 14.8 Å². The molecule has 0 fully saturated rings. The van der Waals surface area contributed by atoms with Crippen LogP contribution in [0.2, 0.25) is 0 Å². The number of aliphatic hydroxyl groups is 2. The summed E-state index contributed by atoms with van der Waals surface area (Å²) in [4.78, 5) is 0. The van der Waals surface area contributed by atoms with Gasteiger partial charge in [-0.05, 0) is 49.2 Å². The second-order valence-electron chi connectivity index (χ2n) is 5.80. The lowest BCUT2D eigenvalue weighted by Crippen LogP contribution is -2.37. The molecule has 2 rings (SSSR count).